The van der Waals surface area contributed by atoms with Crippen LogP contribution in [-0.4, -0.2) is 19.3 Å². The molecule has 1 aromatic heterocycles. The van der Waals surface area contributed by atoms with Gasteiger partial charge in [0.2, 0.25) is 0 Å². The van der Waals surface area contributed by atoms with Gasteiger partial charge in [0, 0.05) is 23.3 Å². The third-order valence-electron chi connectivity index (χ3n) is 1.81. The monoisotopic (exact) mass is 224 g/mol. The van der Waals surface area contributed by atoms with E-state index < -0.39 is 0 Å². The summed E-state index contributed by atoms with van der Waals surface area (Å²) in [4.78, 5) is 1.19. The van der Waals surface area contributed by atoms with Crippen LogP contribution < -0.4 is 5.32 Å². The van der Waals surface area contributed by atoms with E-state index in [4.69, 9.17) is 10.00 Å². The number of hydrogen-bond donors (Lipinski definition) is 1. The molecular formula is C11H16N2OS. The van der Waals surface area contributed by atoms with Gasteiger partial charge >= 0.3 is 0 Å². The van der Waals surface area contributed by atoms with Crippen molar-refractivity contribution in [2.45, 2.75) is 26.5 Å². The Balaban J connectivity index is 2.13. The average Bonchev–Trinajstić information content (AvgIpc) is 2.65. The average molecular weight is 224 g/mol. The molecule has 0 aromatic carbocycles. The van der Waals surface area contributed by atoms with Crippen LogP contribution in [0.2, 0.25) is 0 Å². The van der Waals surface area contributed by atoms with Crippen molar-refractivity contribution >= 4 is 11.3 Å². The second-order valence-electron chi connectivity index (χ2n) is 3.51. The number of nitriles is 1. The molecule has 0 fully saturated rings. The third-order valence-corrected chi connectivity index (χ3v) is 2.75. The predicted octanol–water partition coefficient (Wildman–Crippen LogP) is 2.13. The number of rotatable bonds is 6. The maximum atomic E-state index is 8.64. The van der Waals surface area contributed by atoms with Gasteiger partial charge in [-0.05, 0) is 19.9 Å². The van der Waals surface area contributed by atoms with E-state index in [1.54, 1.807) is 11.3 Å². The number of nitrogens with zero attached hydrogens (tertiary/aromatic N) is 1. The van der Waals surface area contributed by atoms with Crippen LogP contribution in [0.25, 0.3) is 0 Å². The van der Waals surface area contributed by atoms with E-state index in [9.17, 15) is 0 Å². The minimum absolute atomic E-state index is 0.290. The van der Waals surface area contributed by atoms with E-state index >= 15 is 0 Å². The maximum absolute atomic E-state index is 8.64. The van der Waals surface area contributed by atoms with Crippen LogP contribution in [0, 0.1) is 11.3 Å². The first-order chi connectivity index (χ1) is 7.22. The van der Waals surface area contributed by atoms with Crippen LogP contribution in [0.15, 0.2) is 11.4 Å². The largest absolute Gasteiger partial charge is 0.377 e. The molecule has 15 heavy (non-hydrogen) atoms. The maximum Gasteiger partial charge on any atom is 0.100 e. The van der Waals surface area contributed by atoms with E-state index in [0.717, 1.165) is 25.3 Å². The Morgan fingerprint density at radius 1 is 1.60 bits per heavy atom. The van der Waals surface area contributed by atoms with Crippen LogP contribution >= 0.6 is 11.3 Å². The lowest BCUT2D eigenvalue weighted by molar-refractivity contribution is 0.0807. The summed E-state index contributed by atoms with van der Waals surface area (Å²) in [5, 5.41) is 13.8. The van der Waals surface area contributed by atoms with Gasteiger partial charge in [-0.2, -0.15) is 5.26 Å². The van der Waals surface area contributed by atoms with Crippen molar-refractivity contribution in [2.24, 2.45) is 0 Å². The van der Waals surface area contributed by atoms with Gasteiger partial charge in [0.1, 0.15) is 6.07 Å². The summed E-state index contributed by atoms with van der Waals surface area (Å²) in [7, 11) is 0. The smallest absolute Gasteiger partial charge is 0.100 e. The first kappa shape index (κ1) is 12.2. The van der Waals surface area contributed by atoms with Crippen molar-refractivity contribution in [1.82, 2.24) is 5.32 Å². The fourth-order valence-electron chi connectivity index (χ4n) is 1.11. The van der Waals surface area contributed by atoms with E-state index in [1.165, 1.54) is 4.88 Å². The normalized spacial score (nSPS) is 10.5. The van der Waals surface area contributed by atoms with E-state index in [-0.39, 0.29) is 0 Å². The molecule has 1 aromatic rings. The zero-order chi connectivity index (χ0) is 11.1. The Labute approximate surface area is 94.7 Å². The molecular weight excluding hydrogens is 208 g/mol. The van der Waals surface area contributed by atoms with Crippen molar-refractivity contribution in [1.29, 1.82) is 5.26 Å². The lowest BCUT2D eigenvalue weighted by atomic mass is 10.3. The second kappa shape index (κ2) is 6.57. The predicted molar refractivity (Wildman–Crippen MR) is 61.8 cm³/mol. The highest BCUT2D eigenvalue weighted by atomic mass is 32.1. The van der Waals surface area contributed by atoms with Crippen LogP contribution in [0.3, 0.4) is 0 Å². The van der Waals surface area contributed by atoms with E-state index in [1.807, 2.05) is 25.3 Å². The molecule has 0 aliphatic carbocycles. The van der Waals surface area contributed by atoms with Crippen LogP contribution in [0.4, 0.5) is 0 Å². The molecule has 82 valence electrons. The number of thiophene rings is 1. The summed E-state index contributed by atoms with van der Waals surface area (Å²) in [6, 6.07) is 4.04. The van der Waals surface area contributed by atoms with Crippen molar-refractivity contribution in [3.8, 4) is 6.07 Å². The van der Waals surface area contributed by atoms with E-state index in [2.05, 4.69) is 11.4 Å². The molecule has 0 saturated carbocycles. The van der Waals surface area contributed by atoms with Gasteiger partial charge in [-0.3, -0.25) is 0 Å². The van der Waals surface area contributed by atoms with Gasteiger partial charge in [0.25, 0.3) is 0 Å². The summed E-state index contributed by atoms with van der Waals surface area (Å²) in [6.07, 6.45) is 0.290. The molecule has 3 nitrogen and oxygen atoms in total. The Morgan fingerprint density at radius 2 is 2.40 bits per heavy atom. The SMILES string of the molecule is CC(C)OCCNCc1cc(C#N)cs1. The summed E-state index contributed by atoms with van der Waals surface area (Å²) >= 11 is 1.61. The summed E-state index contributed by atoms with van der Waals surface area (Å²) in [5.74, 6) is 0. The Bertz CT molecular complexity index is 328. The van der Waals surface area contributed by atoms with Crippen molar-refractivity contribution in [2.75, 3.05) is 13.2 Å². The summed E-state index contributed by atoms with van der Waals surface area (Å²) in [6.45, 7) is 6.44. The second-order valence-corrected chi connectivity index (χ2v) is 4.51. The fraction of sp³-hybridized carbons (Fsp3) is 0.545. The molecule has 0 aliphatic heterocycles. The highest BCUT2D eigenvalue weighted by molar-refractivity contribution is 7.10. The highest BCUT2D eigenvalue weighted by Gasteiger charge is 1.98. The molecule has 0 aliphatic rings. The lowest BCUT2D eigenvalue weighted by Gasteiger charge is -2.07. The Morgan fingerprint density at radius 3 is 3.00 bits per heavy atom. The first-order valence-corrected chi connectivity index (χ1v) is 5.90. The minimum atomic E-state index is 0.290. The molecule has 0 saturated heterocycles. The zero-order valence-corrected chi connectivity index (χ0v) is 9.93. The Kier molecular flexibility index (Phi) is 5.33. The zero-order valence-electron chi connectivity index (χ0n) is 9.12. The molecule has 0 amide bonds. The van der Waals surface area contributed by atoms with E-state index in [0.29, 0.717) is 6.10 Å². The number of ether oxygens (including phenoxy) is 1. The molecule has 0 spiro atoms. The summed E-state index contributed by atoms with van der Waals surface area (Å²) in [5.41, 5.74) is 0.746. The molecule has 0 radical (unpaired) electrons. The fourth-order valence-corrected chi connectivity index (χ4v) is 1.89. The van der Waals surface area contributed by atoms with Gasteiger partial charge in [-0.25, -0.2) is 0 Å². The molecule has 0 atom stereocenters. The van der Waals surface area contributed by atoms with Gasteiger partial charge in [0.05, 0.1) is 18.3 Å². The van der Waals surface area contributed by atoms with Gasteiger partial charge < -0.3 is 10.1 Å². The van der Waals surface area contributed by atoms with Gasteiger partial charge in [-0.1, -0.05) is 0 Å². The topological polar surface area (TPSA) is 45.0 Å². The first-order valence-electron chi connectivity index (χ1n) is 5.02. The third kappa shape index (κ3) is 4.93. The van der Waals surface area contributed by atoms with Gasteiger partial charge in [-0.15, -0.1) is 11.3 Å². The van der Waals surface area contributed by atoms with Crippen LogP contribution in [0.5, 0.6) is 0 Å². The molecule has 1 heterocycles. The number of hydrogen-bond acceptors (Lipinski definition) is 4. The van der Waals surface area contributed by atoms with Crippen LogP contribution in [0.1, 0.15) is 24.3 Å². The van der Waals surface area contributed by atoms with Crippen LogP contribution in [-0.2, 0) is 11.3 Å². The molecule has 0 bridgehead atoms. The molecule has 1 rings (SSSR count). The van der Waals surface area contributed by atoms with Crippen molar-refractivity contribution in [3.63, 3.8) is 0 Å². The Hall–Kier alpha value is -0.890. The molecule has 4 heteroatoms. The number of nitrogens with one attached hydrogen (secondary N) is 1. The standard InChI is InChI=1S/C11H16N2OS/c1-9(2)14-4-3-13-7-11-5-10(6-12)8-15-11/h5,8-9,13H,3-4,7H2,1-2H3. The summed E-state index contributed by atoms with van der Waals surface area (Å²) < 4.78 is 5.39. The molecule has 0 unspecified atom stereocenters. The highest BCUT2D eigenvalue weighted by Crippen LogP contribution is 2.12. The van der Waals surface area contributed by atoms with Crippen molar-refractivity contribution in [3.05, 3.63) is 21.9 Å². The minimum Gasteiger partial charge on any atom is -0.377 e. The molecule has 1 N–H and O–H groups in total. The van der Waals surface area contributed by atoms with Crippen molar-refractivity contribution < 1.29 is 4.74 Å². The quantitative estimate of drug-likeness (QED) is 0.753. The van der Waals surface area contributed by atoms with Gasteiger partial charge in [0.15, 0.2) is 0 Å². The lowest BCUT2D eigenvalue weighted by Crippen LogP contribution is -2.20.